The predicted octanol–water partition coefficient (Wildman–Crippen LogP) is 4.35. The summed E-state index contributed by atoms with van der Waals surface area (Å²) in [4.78, 5) is 11.9. The van der Waals surface area contributed by atoms with Gasteiger partial charge in [0.1, 0.15) is 0 Å². The van der Waals surface area contributed by atoms with Crippen LogP contribution in [-0.4, -0.2) is 34.5 Å². The van der Waals surface area contributed by atoms with Crippen LogP contribution in [0.4, 0.5) is 8.78 Å². The zero-order valence-electron chi connectivity index (χ0n) is 16.8. The van der Waals surface area contributed by atoms with Crippen molar-refractivity contribution in [2.24, 2.45) is 0 Å². The van der Waals surface area contributed by atoms with Crippen LogP contribution in [0.25, 0.3) is 0 Å². The van der Waals surface area contributed by atoms with Crippen molar-refractivity contribution in [1.82, 2.24) is 5.32 Å². The predicted molar refractivity (Wildman–Crippen MR) is 111 cm³/mol. The first-order valence-corrected chi connectivity index (χ1v) is 10.6. The first kappa shape index (κ1) is 23.3. The molecule has 29 heavy (non-hydrogen) atoms. The van der Waals surface area contributed by atoms with Crippen molar-refractivity contribution in [3.05, 3.63) is 64.7 Å². The first-order chi connectivity index (χ1) is 13.6. The molecule has 0 unspecified atom stereocenters. The van der Waals surface area contributed by atoms with Crippen molar-refractivity contribution < 1.29 is 23.8 Å². The van der Waals surface area contributed by atoms with E-state index < -0.39 is 23.7 Å². The fourth-order valence-corrected chi connectivity index (χ4v) is 3.51. The van der Waals surface area contributed by atoms with Gasteiger partial charge in [0.25, 0.3) is 0 Å². The van der Waals surface area contributed by atoms with Crippen molar-refractivity contribution in [3.63, 3.8) is 0 Å². The van der Waals surface area contributed by atoms with E-state index in [9.17, 15) is 18.7 Å². The Labute approximate surface area is 174 Å². The summed E-state index contributed by atoms with van der Waals surface area (Å²) < 4.78 is 28.1. The SMILES string of the molecule is CSc1ccc(CC(C)(C)NC[C@@H](O)c2cc(CCC(=O)O)cc(F)c2F)cc1. The van der Waals surface area contributed by atoms with Crippen molar-refractivity contribution in [2.45, 2.75) is 49.6 Å². The minimum absolute atomic E-state index is 0.0363. The topological polar surface area (TPSA) is 69.6 Å². The van der Waals surface area contributed by atoms with Gasteiger partial charge in [0, 0.05) is 29.0 Å². The molecule has 0 bridgehead atoms. The Bertz CT molecular complexity index is 841. The molecule has 0 amide bonds. The smallest absolute Gasteiger partial charge is 0.303 e. The summed E-state index contributed by atoms with van der Waals surface area (Å²) in [6.07, 6.45) is 1.33. The fraction of sp³-hybridized carbons (Fsp3) is 0.409. The van der Waals surface area contributed by atoms with E-state index in [1.54, 1.807) is 11.8 Å². The van der Waals surface area contributed by atoms with Crippen LogP contribution in [0, 0.1) is 11.6 Å². The Hall–Kier alpha value is -1.96. The van der Waals surface area contributed by atoms with E-state index >= 15 is 0 Å². The number of nitrogens with one attached hydrogen (secondary N) is 1. The lowest BCUT2D eigenvalue weighted by Crippen LogP contribution is -2.43. The Morgan fingerprint density at radius 2 is 1.83 bits per heavy atom. The number of aliphatic hydroxyl groups is 1. The number of carbonyl (C=O) groups is 1. The first-order valence-electron chi connectivity index (χ1n) is 9.37. The number of aryl methyl sites for hydroxylation is 1. The second kappa shape index (κ2) is 10.2. The number of aliphatic carboxylic acids is 1. The van der Waals surface area contributed by atoms with Gasteiger partial charge in [-0.1, -0.05) is 12.1 Å². The highest BCUT2D eigenvalue weighted by Crippen LogP contribution is 2.24. The number of β-amino-alcohol motifs (C(OH)–C–C–N with tert-alkyl or cyclic N) is 1. The average Bonchev–Trinajstić information content (AvgIpc) is 2.67. The van der Waals surface area contributed by atoms with Gasteiger partial charge in [-0.25, -0.2) is 8.78 Å². The fourth-order valence-electron chi connectivity index (χ4n) is 3.11. The highest BCUT2D eigenvalue weighted by Gasteiger charge is 2.23. The maximum atomic E-state index is 14.2. The molecule has 0 spiro atoms. The van der Waals surface area contributed by atoms with Crippen LogP contribution in [-0.2, 0) is 17.6 Å². The molecular weight excluding hydrogens is 396 g/mol. The van der Waals surface area contributed by atoms with E-state index in [1.165, 1.54) is 11.0 Å². The molecule has 0 saturated heterocycles. The molecule has 0 heterocycles. The van der Waals surface area contributed by atoms with Crippen molar-refractivity contribution in [3.8, 4) is 0 Å². The van der Waals surface area contributed by atoms with Gasteiger partial charge in [0.15, 0.2) is 11.6 Å². The van der Waals surface area contributed by atoms with Gasteiger partial charge in [-0.15, -0.1) is 11.8 Å². The number of hydrogen-bond donors (Lipinski definition) is 3. The second-order valence-electron chi connectivity index (χ2n) is 7.68. The number of hydrogen-bond acceptors (Lipinski definition) is 4. The summed E-state index contributed by atoms with van der Waals surface area (Å²) >= 11 is 1.67. The number of thioether (sulfide) groups is 1. The molecule has 4 nitrogen and oxygen atoms in total. The Kier molecular flexibility index (Phi) is 8.19. The minimum Gasteiger partial charge on any atom is -0.481 e. The van der Waals surface area contributed by atoms with E-state index in [1.807, 2.05) is 44.4 Å². The molecule has 2 aromatic carbocycles. The van der Waals surface area contributed by atoms with E-state index in [4.69, 9.17) is 5.11 Å². The summed E-state index contributed by atoms with van der Waals surface area (Å²) in [6.45, 7) is 3.99. The highest BCUT2D eigenvalue weighted by atomic mass is 32.2. The number of benzene rings is 2. The summed E-state index contributed by atoms with van der Waals surface area (Å²) in [7, 11) is 0. The third-order valence-corrected chi connectivity index (χ3v) is 5.43. The lowest BCUT2D eigenvalue weighted by atomic mass is 9.94. The molecule has 0 fully saturated rings. The van der Waals surface area contributed by atoms with Gasteiger partial charge in [0.2, 0.25) is 0 Å². The minimum atomic E-state index is -1.26. The monoisotopic (exact) mass is 423 g/mol. The van der Waals surface area contributed by atoms with Crippen molar-refractivity contribution in [2.75, 3.05) is 12.8 Å². The summed E-state index contributed by atoms with van der Waals surface area (Å²) in [6, 6.07) is 10.5. The van der Waals surface area contributed by atoms with Gasteiger partial charge in [0.05, 0.1) is 6.10 Å². The van der Waals surface area contributed by atoms with E-state index in [-0.39, 0.29) is 30.5 Å². The molecule has 158 valence electrons. The molecule has 0 aromatic heterocycles. The van der Waals surface area contributed by atoms with Gasteiger partial charge in [-0.05, 0) is 68.3 Å². The molecule has 0 aliphatic heterocycles. The Balaban J connectivity index is 2.04. The van der Waals surface area contributed by atoms with E-state index in [2.05, 4.69) is 5.32 Å². The van der Waals surface area contributed by atoms with Crippen LogP contribution in [0.5, 0.6) is 0 Å². The number of halogens is 2. The van der Waals surface area contributed by atoms with Gasteiger partial charge in [-0.2, -0.15) is 0 Å². The highest BCUT2D eigenvalue weighted by molar-refractivity contribution is 7.98. The van der Waals surface area contributed by atoms with Crippen molar-refractivity contribution >= 4 is 17.7 Å². The third kappa shape index (κ3) is 7.10. The third-order valence-electron chi connectivity index (χ3n) is 4.68. The maximum Gasteiger partial charge on any atom is 0.303 e. The molecule has 0 saturated carbocycles. The lowest BCUT2D eigenvalue weighted by Gasteiger charge is -2.28. The van der Waals surface area contributed by atoms with Crippen LogP contribution in [0.1, 0.15) is 43.1 Å². The average molecular weight is 424 g/mol. The molecule has 2 aromatic rings. The maximum absolute atomic E-state index is 14.2. The standard InChI is InChI=1S/C22H27F2NO3S/c1-22(2,12-14-4-7-16(29-3)8-5-14)25-13-19(26)17-10-15(6-9-20(27)28)11-18(23)21(17)24/h4-5,7-8,10-11,19,25-26H,6,9,12-13H2,1-3H3,(H,27,28)/t19-/m1/s1. The molecular formula is C22H27F2NO3S. The normalized spacial score (nSPS) is 12.8. The summed E-state index contributed by atoms with van der Waals surface area (Å²) in [5.41, 5.74) is 0.923. The zero-order valence-corrected chi connectivity index (χ0v) is 17.7. The number of carboxylic acid groups (broad SMARTS) is 1. The van der Waals surface area contributed by atoms with Gasteiger partial charge >= 0.3 is 5.97 Å². The Morgan fingerprint density at radius 3 is 2.41 bits per heavy atom. The van der Waals surface area contributed by atoms with Crippen molar-refractivity contribution in [1.29, 1.82) is 0 Å². The zero-order chi connectivity index (χ0) is 21.6. The van der Waals surface area contributed by atoms with Crippen LogP contribution in [0.15, 0.2) is 41.3 Å². The number of aliphatic hydroxyl groups excluding tert-OH is 1. The summed E-state index contributed by atoms with van der Waals surface area (Å²) in [5.74, 6) is -3.22. The molecule has 3 N–H and O–H groups in total. The lowest BCUT2D eigenvalue weighted by molar-refractivity contribution is -0.136. The molecule has 0 aliphatic rings. The van der Waals surface area contributed by atoms with Crippen LogP contribution < -0.4 is 5.32 Å². The number of rotatable bonds is 10. The second-order valence-corrected chi connectivity index (χ2v) is 8.56. The largest absolute Gasteiger partial charge is 0.481 e. The van der Waals surface area contributed by atoms with Crippen LogP contribution in [0.3, 0.4) is 0 Å². The molecule has 0 aliphatic carbocycles. The van der Waals surface area contributed by atoms with Crippen LogP contribution in [0.2, 0.25) is 0 Å². The van der Waals surface area contributed by atoms with E-state index in [0.29, 0.717) is 12.0 Å². The molecule has 7 heteroatoms. The molecule has 1 atom stereocenters. The summed E-state index contributed by atoms with van der Waals surface area (Å²) in [5, 5.41) is 22.4. The van der Waals surface area contributed by atoms with Gasteiger partial charge < -0.3 is 15.5 Å². The Morgan fingerprint density at radius 1 is 1.17 bits per heavy atom. The van der Waals surface area contributed by atoms with Gasteiger partial charge in [-0.3, -0.25) is 4.79 Å². The van der Waals surface area contributed by atoms with E-state index in [0.717, 1.165) is 11.6 Å². The molecule has 0 radical (unpaired) electrons. The van der Waals surface area contributed by atoms with Crippen LogP contribution >= 0.6 is 11.8 Å². The molecule has 2 rings (SSSR count). The number of carboxylic acids is 1. The quantitative estimate of drug-likeness (QED) is 0.496.